The first-order chi connectivity index (χ1) is 14.0. The summed E-state index contributed by atoms with van der Waals surface area (Å²) in [6.45, 7) is 10.7. The molecule has 0 aromatic carbocycles. The zero-order chi connectivity index (χ0) is 21.9. The Morgan fingerprint density at radius 2 is 1.63 bits per heavy atom. The van der Waals surface area contributed by atoms with Crippen LogP contribution >= 0.6 is 0 Å². The Hall–Kier alpha value is -1.26. The molecule has 0 aromatic heterocycles. The smallest absolute Gasteiger partial charge is 0.478 e. The fourth-order valence-corrected chi connectivity index (χ4v) is 8.40. The normalized spacial score (nSPS) is 42.2. The first kappa shape index (κ1) is 22.0. The monoisotopic (exact) mass is 420 g/mol. The van der Waals surface area contributed by atoms with E-state index in [-0.39, 0.29) is 17.4 Å². The van der Waals surface area contributed by atoms with Crippen molar-refractivity contribution >= 4 is 12.1 Å². The van der Waals surface area contributed by atoms with Crippen LogP contribution < -0.4 is 0 Å². The fourth-order valence-electron chi connectivity index (χ4n) is 8.40. The van der Waals surface area contributed by atoms with E-state index in [0.717, 1.165) is 51.4 Å². The second-order valence-electron chi connectivity index (χ2n) is 11.8. The largest absolute Gasteiger partial charge is 0.509 e. The first-order valence-electron chi connectivity index (χ1n) is 12.1. The van der Waals surface area contributed by atoms with E-state index in [1.807, 2.05) is 0 Å². The number of hydrogen-bond acceptors (Lipinski definition) is 4. The second-order valence-corrected chi connectivity index (χ2v) is 11.8. The molecule has 4 aliphatic carbocycles. The summed E-state index contributed by atoms with van der Waals surface area (Å²) in [5, 5.41) is 10.3. The molecule has 4 saturated carbocycles. The van der Waals surface area contributed by atoms with Crippen molar-refractivity contribution in [2.75, 3.05) is 0 Å². The molecule has 0 aliphatic heterocycles. The van der Waals surface area contributed by atoms with E-state index in [9.17, 15) is 14.7 Å². The summed E-state index contributed by atoms with van der Waals surface area (Å²) >= 11 is 0. The van der Waals surface area contributed by atoms with Crippen molar-refractivity contribution in [3.05, 3.63) is 0 Å². The van der Waals surface area contributed by atoms with Gasteiger partial charge in [0.15, 0.2) is 0 Å². The van der Waals surface area contributed by atoms with Crippen LogP contribution in [0.4, 0.5) is 4.79 Å². The van der Waals surface area contributed by atoms with Crippen molar-refractivity contribution in [1.82, 2.24) is 0 Å². The Kier molecular flexibility index (Phi) is 5.22. The molecule has 0 aromatic rings. The third kappa shape index (κ3) is 2.93. The Morgan fingerprint density at radius 3 is 2.27 bits per heavy atom. The summed E-state index contributed by atoms with van der Waals surface area (Å²) in [5.41, 5.74) is -1.85. The minimum absolute atomic E-state index is 0.0311. The molecule has 5 heteroatoms. The molecule has 6 atom stereocenters. The molecule has 0 heterocycles. The number of carbonyl (C=O) groups is 2. The number of ether oxygens (including phenoxy) is 2. The van der Waals surface area contributed by atoms with Gasteiger partial charge >= 0.3 is 12.1 Å². The number of hydrogen-bond donors (Lipinski definition) is 1. The summed E-state index contributed by atoms with van der Waals surface area (Å²) in [4.78, 5) is 25.3. The van der Waals surface area contributed by atoms with Crippen LogP contribution in [0.25, 0.3) is 0 Å². The topological polar surface area (TPSA) is 72.8 Å². The average Bonchev–Trinajstić information content (AvgIpc) is 3.10. The summed E-state index contributed by atoms with van der Waals surface area (Å²) in [7, 11) is 0. The zero-order valence-electron chi connectivity index (χ0n) is 19.5. The lowest BCUT2D eigenvalue weighted by atomic mass is 9.53. The van der Waals surface area contributed by atoms with Gasteiger partial charge in [0, 0.05) is 5.41 Å². The average molecular weight is 421 g/mol. The van der Waals surface area contributed by atoms with Crippen LogP contribution in [0, 0.1) is 34.0 Å². The molecular weight excluding hydrogens is 380 g/mol. The second kappa shape index (κ2) is 7.13. The summed E-state index contributed by atoms with van der Waals surface area (Å²) < 4.78 is 11.3. The zero-order valence-corrected chi connectivity index (χ0v) is 19.5. The van der Waals surface area contributed by atoms with Crippen LogP contribution in [-0.2, 0) is 14.3 Å². The highest BCUT2D eigenvalue weighted by Crippen LogP contribution is 2.76. The van der Waals surface area contributed by atoms with Gasteiger partial charge in [0.2, 0.25) is 5.60 Å². The highest BCUT2D eigenvalue weighted by molar-refractivity contribution is 5.81. The third-order valence-corrected chi connectivity index (χ3v) is 10.4. The standard InChI is InChI=1S/C25H40O5/c1-16-11-12-18-22(2,3)19-15-25(16,18)14-13-23(19,4)24(5,20(26)27)30-21(28)29-17-9-7-6-8-10-17/h16-19H,6-15H2,1-5H3,(H,26,27)/t16-,18+,19-,23-,24?,25+/m1/s1. The van der Waals surface area contributed by atoms with E-state index >= 15 is 0 Å². The maximum absolute atomic E-state index is 12.7. The van der Waals surface area contributed by atoms with Gasteiger partial charge in [0.1, 0.15) is 6.10 Å². The molecule has 4 fully saturated rings. The van der Waals surface area contributed by atoms with Crippen molar-refractivity contribution in [3.63, 3.8) is 0 Å². The SMILES string of the molecule is C[C@@H]1CC[C@H]2C(C)(C)[C@H]3C[C@@]12CC[C@@]3(C)C(C)(OC(=O)OC1CCCCC1)C(=O)O. The van der Waals surface area contributed by atoms with E-state index in [1.54, 1.807) is 6.92 Å². The summed E-state index contributed by atoms with van der Waals surface area (Å²) in [6, 6.07) is 0. The molecule has 170 valence electrons. The molecule has 0 saturated heterocycles. The predicted octanol–water partition coefficient (Wildman–Crippen LogP) is 6.19. The number of rotatable bonds is 4. The number of carbonyl (C=O) groups excluding carboxylic acids is 1. The molecular formula is C25H40O5. The molecule has 0 radical (unpaired) electrons. The van der Waals surface area contributed by atoms with Gasteiger partial charge in [0.25, 0.3) is 0 Å². The van der Waals surface area contributed by atoms with Gasteiger partial charge in [-0.25, -0.2) is 9.59 Å². The van der Waals surface area contributed by atoms with Gasteiger partial charge in [-0.2, -0.15) is 0 Å². The van der Waals surface area contributed by atoms with E-state index in [0.29, 0.717) is 17.3 Å². The molecule has 0 amide bonds. The highest BCUT2D eigenvalue weighted by Gasteiger charge is 2.72. The molecule has 2 bridgehead atoms. The minimum Gasteiger partial charge on any atom is -0.478 e. The van der Waals surface area contributed by atoms with Crippen molar-refractivity contribution in [3.8, 4) is 0 Å². The van der Waals surface area contributed by atoms with Crippen LogP contribution in [0.5, 0.6) is 0 Å². The number of carboxylic acid groups (broad SMARTS) is 1. The fraction of sp³-hybridized carbons (Fsp3) is 0.920. The number of carboxylic acids is 1. The maximum atomic E-state index is 12.7. The van der Waals surface area contributed by atoms with E-state index in [4.69, 9.17) is 9.47 Å². The van der Waals surface area contributed by atoms with Crippen LogP contribution in [0.1, 0.15) is 98.8 Å². The summed E-state index contributed by atoms with van der Waals surface area (Å²) in [6.07, 6.45) is 9.35. The Bertz CT molecular complexity index is 710. The summed E-state index contributed by atoms with van der Waals surface area (Å²) in [5.74, 6) is 0.459. The van der Waals surface area contributed by atoms with Crippen molar-refractivity contribution in [2.24, 2.45) is 34.0 Å². The molecule has 30 heavy (non-hydrogen) atoms. The van der Waals surface area contributed by atoms with Gasteiger partial charge in [-0.05, 0) is 93.3 Å². The van der Waals surface area contributed by atoms with Crippen LogP contribution in [-0.4, -0.2) is 28.9 Å². The van der Waals surface area contributed by atoms with E-state index in [1.165, 1.54) is 12.8 Å². The molecule has 5 nitrogen and oxygen atoms in total. The van der Waals surface area contributed by atoms with Crippen molar-refractivity contribution in [2.45, 2.75) is 111 Å². The van der Waals surface area contributed by atoms with Crippen molar-refractivity contribution < 1.29 is 24.2 Å². The van der Waals surface area contributed by atoms with Gasteiger partial charge in [0.05, 0.1) is 0 Å². The molecule has 1 spiro atoms. The Balaban J connectivity index is 1.60. The van der Waals surface area contributed by atoms with Crippen LogP contribution in [0.3, 0.4) is 0 Å². The maximum Gasteiger partial charge on any atom is 0.509 e. The van der Waals surface area contributed by atoms with Gasteiger partial charge in [-0.15, -0.1) is 0 Å². The van der Waals surface area contributed by atoms with Crippen LogP contribution in [0.15, 0.2) is 0 Å². The van der Waals surface area contributed by atoms with Crippen LogP contribution in [0.2, 0.25) is 0 Å². The number of aliphatic carboxylic acids is 1. The molecule has 1 unspecified atom stereocenters. The lowest BCUT2D eigenvalue weighted by molar-refractivity contribution is -0.193. The third-order valence-electron chi connectivity index (χ3n) is 10.4. The Morgan fingerprint density at radius 1 is 0.967 bits per heavy atom. The first-order valence-corrected chi connectivity index (χ1v) is 12.1. The van der Waals surface area contributed by atoms with E-state index < -0.39 is 23.1 Å². The number of fused-ring (bicyclic) bond motifs is 1. The van der Waals surface area contributed by atoms with Gasteiger partial charge < -0.3 is 14.6 Å². The van der Waals surface area contributed by atoms with Gasteiger partial charge in [-0.1, -0.05) is 34.1 Å². The van der Waals surface area contributed by atoms with Gasteiger partial charge in [-0.3, -0.25) is 0 Å². The molecule has 4 rings (SSSR count). The Labute approximate surface area is 181 Å². The predicted molar refractivity (Wildman–Crippen MR) is 114 cm³/mol. The lowest BCUT2D eigenvalue weighted by Gasteiger charge is -2.53. The minimum atomic E-state index is -1.59. The van der Waals surface area contributed by atoms with E-state index in [2.05, 4.69) is 27.7 Å². The quantitative estimate of drug-likeness (QED) is 0.549. The highest BCUT2D eigenvalue weighted by atomic mass is 16.7. The molecule has 1 N–H and O–H groups in total. The molecule has 4 aliphatic rings. The van der Waals surface area contributed by atoms with Crippen molar-refractivity contribution in [1.29, 1.82) is 0 Å². The lowest BCUT2D eigenvalue weighted by Crippen LogP contribution is -2.60.